The van der Waals surface area contributed by atoms with Crippen LogP contribution in [0.25, 0.3) is 0 Å². The van der Waals surface area contributed by atoms with Crippen molar-refractivity contribution in [3.05, 3.63) is 0 Å². The highest BCUT2D eigenvalue weighted by molar-refractivity contribution is 14.0. The Hall–Kier alpha value is -0.120. The molecular formula is C14H31IN4O2. The predicted molar refractivity (Wildman–Crippen MR) is 97.4 cm³/mol. The van der Waals surface area contributed by atoms with Gasteiger partial charge >= 0.3 is 0 Å². The lowest BCUT2D eigenvalue weighted by atomic mass is 10.2. The van der Waals surface area contributed by atoms with E-state index < -0.39 is 0 Å². The predicted octanol–water partition coefficient (Wildman–Crippen LogP) is 0.900. The van der Waals surface area contributed by atoms with Crippen LogP contribution in [0.3, 0.4) is 0 Å². The van der Waals surface area contributed by atoms with Gasteiger partial charge in [0.2, 0.25) is 0 Å². The number of ether oxygens (including phenoxy) is 2. The third-order valence-corrected chi connectivity index (χ3v) is 3.12. The number of nitrogens with one attached hydrogen (secondary N) is 1. The lowest BCUT2D eigenvalue weighted by molar-refractivity contribution is -0.0261. The summed E-state index contributed by atoms with van der Waals surface area (Å²) in [5, 5.41) is 3.10. The highest BCUT2D eigenvalue weighted by Gasteiger charge is 2.20. The minimum Gasteiger partial charge on any atom is -0.383 e. The van der Waals surface area contributed by atoms with Crippen molar-refractivity contribution in [3.63, 3.8) is 0 Å². The maximum absolute atomic E-state index is 5.85. The zero-order valence-corrected chi connectivity index (χ0v) is 16.0. The van der Waals surface area contributed by atoms with Crippen molar-refractivity contribution >= 4 is 29.9 Å². The number of morpholine rings is 1. The fourth-order valence-electron chi connectivity index (χ4n) is 2.36. The van der Waals surface area contributed by atoms with E-state index in [0.717, 1.165) is 26.2 Å². The normalized spacial score (nSPS) is 22.0. The molecule has 1 aliphatic heterocycles. The van der Waals surface area contributed by atoms with Gasteiger partial charge in [-0.05, 0) is 12.8 Å². The maximum atomic E-state index is 5.85. The number of methoxy groups -OCH3 is 1. The first-order chi connectivity index (χ1) is 9.51. The second-order valence-electron chi connectivity index (χ2n) is 5.87. The summed E-state index contributed by atoms with van der Waals surface area (Å²) in [5.41, 5.74) is 5.85. The number of aliphatic imine (C=N–C) groups is 1. The van der Waals surface area contributed by atoms with Crippen LogP contribution in [0, 0.1) is 5.92 Å². The van der Waals surface area contributed by atoms with Gasteiger partial charge in [0.1, 0.15) is 0 Å². The van der Waals surface area contributed by atoms with Gasteiger partial charge in [-0.15, -0.1) is 24.0 Å². The van der Waals surface area contributed by atoms with Crippen LogP contribution in [0.15, 0.2) is 4.99 Å². The Labute approximate surface area is 145 Å². The fraction of sp³-hybridized carbons (Fsp3) is 0.929. The summed E-state index contributed by atoms with van der Waals surface area (Å²) < 4.78 is 10.8. The summed E-state index contributed by atoms with van der Waals surface area (Å²) in [6, 6.07) is 0.161. The summed E-state index contributed by atoms with van der Waals surface area (Å²) in [4.78, 5) is 6.80. The van der Waals surface area contributed by atoms with Gasteiger partial charge in [-0.3, -0.25) is 9.89 Å². The molecule has 0 bridgehead atoms. The molecule has 0 aromatic rings. The number of guanidine groups is 1. The van der Waals surface area contributed by atoms with Crippen molar-refractivity contribution in [3.8, 4) is 0 Å². The molecule has 1 aliphatic rings. The highest BCUT2D eigenvalue weighted by atomic mass is 127. The van der Waals surface area contributed by atoms with Gasteiger partial charge in [0.05, 0.1) is 25.9 Å². The summed E-state index contributed by atoms with van der Waals surface area (Å²) in [7, 11) is 1.67. The van der Waals surface area contributed by atoms with Gasteiger partial charge in [-0.2, -0.15) is 0 Å². The van der Waals surface area contributed by atoms with E-state index in [-0.39, 0.29) is 36.1 Å². The molecule has 0 aliphatic carbocycles. The number of hydrogen-bond acceptors (Lipinski definition) is 4. The lowest BCUT2D eigenvalue weighted by Gasteiger charge is -2.33. The molecule has 6 nitrogen and oxygen atoms in total. The Morgan fingerprint density at radius 3 is 2.81 bits per heavy atom. The van der Waals surface area contributed by atoms with Gasteiger partial charge < -0.3 is 20.5 Å². The zero-order valence-electron chi connectivity index (χ0n) is 13.7. The maximum Gasteiger partial charge on any atom is 0.188 e. The van der Waals surface area contributed by atoms with E-state index in [1.807, 2.05) is 6.92 Å². The van der Waals surface area contributed by atoms with Crippen molar-refractivity contribution in [1.29, 1.82) is 0 Å². The molecule has 1 fully saturated rings. The van der Waals surface area contributed by atoms with Crippen molar-refractivity contribution < 1.29 is 9.47 Å². The molecule has 1 heterocycles. The van der Waals surface area contributed by atoms with Crippen molar-refractivity contribution in [2.45, 2.75) is 32.9 Å². The van der Waals surface area contributed by atoms with Crippen LogP contribution in [-0.2, 0) is 9.47 Å². The third kappa shape index (κ3) is 9.49. The summed E-state index contributed by atoms with van der Waals surface area (Å²) in [5.74, 6) is 1.14. The molecule has 3 N–H and O–H groups in total. The standard InChI is InChI=1S/C14H30N4O2.HI/c1-11(2)8-18-5-6-20-13(9-18)7-16-14(15)17-12(3)10-19-4;/h11-13H,5-10H2,1-4H3,(H3,15,16,17);1H. The smallest absolute Gasteiger partial charge is 0.188 e. The van der Waals surface area contributed by atoms with E-state index in [9.17, 15) is 0 Å². The number of nitrogens with two attached hydrogens (primary N) is 1. The molecule has 126 valence electrons. The molecule has 0 aromatic carbocycles. The van der Waals surface area contributed by atoms with Gasteiger partial charge in [-0.1, -0.05) is 13.8 Å². The molecule has 2 atom stereocenters. The Morgan fingerprint density at radius 2 is 2.19 bits per heavy atom. The van der Waals surface area contributed by atoms with E-state index in [2.05, 4.69) is 29.1 Å². The van der Waals surface area contributed by atoms with E-state index in [0.29, 0.717) is 25.0 Å². The minimum atomic E-state index is 0. The number of halogens is 1. The van der Waals surface area contributed by atoms with Gasteiger partial charge in [0, 0.05) is 32.8 Å². The summed E-state index contributed by atoms with van der Waals surface area (Å²) >= 11 is 0. The van der Waals surface area contributed by atoms with E-state index in [4.69, 9.17) is 15.2 Å². The Bertz CT molecular complexity index is 303. The SMILES string of the molecule is COCC(C)NC(N)=NCC1CN(CC(C)C)CCO1.I. The van der Waals surface area contributed by atoms with Gasteiger partial charge in [-0.25, -0.2) is 0 Å². The molecule has 0 amide bonds. The first-order valence-corrected chi connectivity index (χ1v) is 7.40. The number of rotatable bonds is 7. The molecular weight excluding hydrogens is 383 g/mol. The first-order valence-electron chi connectivity index (χ1n) is 7.40. The lowest BCUT2D eigenvalue weighted by Crippen LogP contribution is -2.46. The van der Waals surface area contributed by atoms with Crippen molar-refractivity contribution in [2.75, 3.05) is 46.5 Å². The van der Waals surface area contributed by atoms with E-state index >= 15 is 0 Å². The zero-order chi connectivity index (χ0) is 15.0. The van der Waals surface area contributed by atoms with Gasteiger partial charge in [0.15, 0.2) is 5.96 Å². The largest absolute Gasteiger partial charge is 0.383 e. The molecule has 21 heavy (non-hydrogen) atoms. The average Bonchev–Trinajstić information content (AvgIpc) is 2.36. The first kappa shape index (κ1) is 20.9. The molecule has 7 heteroatoms. The quantitative estimate of drug-likeness (QED) is 0.368. The second kappa shape index (κ2) is 11.4. The highest BCUT2D eigenvalue weighted by Crippen LogP contribution is 2.08. The van der Waals surface area contributed by atoms with Crippen LogP contribution in [0.1, 0.15) is 20.8 Å². The summed E-state index contributed by atoms with van der Waals surface area (Å²) in [6.45, 7) is 11.5. The van der Waals surface area contributed by atoms with Crippen LogP contribution in [0.5, 0.6) is 0 Å². The molecule has 1 rings (SSSR count). The minimum absolute atomic E-state index is 0. The average molecular weight is 414 g/mol. The molecule has 0 spiro atoms. The van der Waals surface area contributed by atoms with Crippen LogP contribution < -0.4 is 11.1 Å². The van der Waals surface area contributed by atoms with Crippen LogP contribution in [0.4, 0.5) is 0 Å². The van der Waals surface area contributed by atoms with Crippen molar-refractivity contribution in [1.82, 2.24) is 10.2 Å². The monoisotopic (exact) mass is 414 g/mol. The van der Waals surface area contributed by atoms with Crippen LogP contribution in [0.2, 0.25) is 0 Å². The van der Waals surface area contributed by atoms with Crippen molar-refractivity contribution in [2.24, 2.45) is 16.6 Å². The molecule has 2 unspecified atom stereocenters. The molecule has 0 aromatic heterocycles. The van der Waals surface area contributed by atoms with E-state index in [1.165, 1.54) is 0 Å². The molecule has 0 radical (unpaired) electrons. The van der Waals surface area contributed by atoms with Crippen LogP contribution >= 0.6 is 24.0 Å². The molecule has 1 saturated heterocycles. The number of nitrogens with zero attached hydrogens (tertiary/aromatic N) is 2. The third-order valence-electron chi connectivity index (χ3n) is 3.12. The fourth-order valence-corrected chi connectivity index (χ4v) is 2.36. The van der Waals surface area contributed by atoms with Gasteiger partial charge in [0.25, 0.3) is 0 Å². The Kier molecular flexibility index (Phi) is 11.4. The summed E-state index contributed by atoms with van der Waals surface area (Å²) in [6.07, 6.45) is 0.139. The number of hydrogen-bond donors (Lipinski definition) is 2. The molecule has 0 saturated carbocycles. The Balaban J connectivity index is 0.00000400. The van der Waals surface area contributed by atoms with E-state index in [1.54, 1.807) is 7.11 Å². The topological polar surface area (TPSA) is 72.1 Å². The van der Waals surface area contributed by atoms with Crippen LogP contribution in [-0.4, -0.2) is 69.5 Å². The Morgan fingerprint density at radius 1 is 1.48 bits per heavy atom. The second-order valence-corrected chi connectivity index (χ2v) is 5.87.